The summed E-state index contributed by atoms with van der Waals surface area (Å²) in [6.45, 7) is 0. The predicted molar refractivity (Wildman–Crippen MR) is 86.7 cm³/mol. The minimum Gasteiger partial charge on any atom is -0.493 e. The standard InChI is InChI=1S/C16H17N3O2S/c1-19-13(6-7-17-19)12-10-22-16(18-12)9-11-4-5-14(20-2)15(8-11)21-3/h4-8,10H,9H2,1-3H3. The van der Waals surface area contributed by atoms with Crippen molar-refractivity contribution in [2.75, 3.05) is 14.2 Å². The Morgan fingerprint density at radius 2 is 1.95 bits per heavy atom. The molecule has 0 atom stereocenters. The molecule has 114 valence electrons. The van der Waals surface area contributed by atoms with Crippen LogP contribution in [0.15, 0.2) is 35.8 Å². The summed E-state index contributed by atoms with van der Waals surface area (Å²) in [7, 11) is 5.20. The maximum Gasteiger partial charge on any atom is 0.160 e. The molecule has 0 amide bonds. The Kier molecular flexibility index (Phi) is 4.11. The summed E-state index contributed by atoms with van der Waals surface area (Å²) in [6.07, 6.45) is 2.55. The molecule has 0 saturated heterocycles. The number of methoxy groups -OCH3 is 2. The van der Waals surface area contributed by atoms with E-state index in [0.717, 1.165) is 39.9 Å². The molecule has 0 N–H and O–H groups in total. The first-order valence-corrected chi connectivity index (χ1v) is 7.73. The maximum atomic E-state index is 5.34. The van der Waals surface area contributed by atoms with Crippen LogP contribution in [0.5, 0.6) is 11.5 Å². The highest BCUT2D eigenvalue weighted by atomic mass is 32.1. The van der Waals surface area contributed by atoms with Crippen molar-refractivity contribution < 1.29 is 9.47 Å². The fraction of sp³-hybridized carbons (Fsp3) is 0.250. The molecule has 2 aromatic heterocycles. The number of thiazole rings is 1. The third kappa shape index (κ3) is 2.82. The largest absolute Gasteiger partial charge is 0.493 e. The van der Waals surface area contributed by atoms with E-state index in [0.29, 0.717) is 0 Å². The molecule has 0 bridgehead atoms. The zero-order valence-electron chi connectivity index (χ0n) is 12.7. The number of aromatic nitrogens is 3. The van der Waals surface area contributed by atoms with Crippen LogP contribution < -0.4 is 9.47 Å². The van der Waals surface area contributed by atoms with Gasteiger partial charge < -0.3 is 9.47 Å². The van der Waals surface area contributed by atoms with Crippen LogP contribution in [0.1, 0.15) is 10.6 Å². The van der Waals surface area contributed by atoms with Gasteiger partial charge in [0.05, 0.1) is 30.6 Å². The fourth-order valence-corrected chi connectivity index (χ4v) is 3.12. The second kappa shape index (κ2) is 6.19. The number of aryl methyl sites for hydroxylation is 1. The topological polar surface area (TPSA) is 49.2 Å². The first-order valence-electron chi connectivity index (χ1n) is 6.85. The molecular weight excluding hydrogens is 298 g/mol. The lowest BCUT2D eigenvalue weighted by Crippen LogP contribution is -1.95. The lowest BCUT2D eigenvalue weighted by Gasteiger charge is -2.08. The molecule has 2 heterocycles. The van der Waals surface area contributed by atoms with Crippen molar-refractivity contribution in [3.05, 3.63) is 46.4 Å². The maximum absolute atomic E-state index is 5.34. The number of hydrogen-bond acceptors (Lipinski definition) is 5. The molecule has 0 spiro atoms. The number of benzene rings is 1. The summed E-state index contributed by atoms with van der Waals surface area (Å²) < 4.78 is 12.4. The molecule has 0 saturated carbocycles. The average Bonchev–Trinajstić information content (AvgIpc) is 3.15. The van der Waals surface area contributed by atoms with Crippen LogP contribution in [0.3, 0.4) is 0 Å². The number of nitrogens with zero attached hydrogens (tertiary/aromatic N) is 3. The summed E-state index contributed by atoms with van der Waals surface area (Å²) in [5.74, 6) is 1.48. The minimum atomic E-state index is 0.737. The van der Waals surface area contributed by atoms with Crippen LogP contribution in [-0.4, -0.2) is 29.0 Å². The van der Waals surface area contributed by atoms with Gasteiger partial charge in [0.25, 0.3) is 0 Å². The Morgan fingerprint density at radius 1 is 1.14 bits per heavy atom. The number of rotatable bonds is 5. The van der Waals surface area contributed by atoms with Crippen molar-refractivity contribution >= 4 is 11.3 Å². The molecule has 5 nitrogen and oxygen atoms in total. The van der Waals surface area contributed by atoms with E-state index in [1.165, 1.54) is 0 Å². The van der Waals surface area contributed by atoms with Crippen LogP contribution in [-0.2, 0) is 13.5 Å². The lowest BCUT2D eigenvalue weighted by molar-refractivity contribution is 0.354. The summed E-state index contributed by atoms with van der Waals surface area (Å²) in [6, 6.07) is 7.91. The van der Waals surface area contributed by atoms with Crippen molar-refractivity contribution in [1.29, 1.82) is 0 Å². The van der Waals surface area contributed by atoms with Gasteiger partial charge in [-0.2, -0.15) is 5.10 Å². The van der Waals surface area contributed by atoms with Gasteiger partial charge in [0.15, 0.2) is 11.5 Å². The lowest BCUT2D eigenvalue weighted by atomic mass is 10.1. The highest BCUT2D eigenvalue weighted by Gasteiger charge is 2.10. The quantitative estimate of drug-likeness (QED) is 0.726. The zero-order chi connectivity index (χ0) is 15.5. The summed E-state index contributed by atoms with van der Waals surface area (Å²) >= 11 is 1.65. The van der Waals surface area contributed by atoms with Crippen molar-refractivity contribution in [3.8, 4) is 22.9 Å². The smallest absolute Gasteiger partial charge is 0.160 e. The number of hydrogen-bond donors (Lipinski definition) is 0. The van der Waals surface area contributed by atoms with E-state index in [4.69, 9.17) is 14.5 Å². The van der Waals surface area contributed by atoms with Gasteiger partial charge in [-0.15, -0.1) is 11.3 Å². The average molecular weight is 315 g/mol. The van der Waals surface area contributed by atoms with Gasteiger partial charge in [0.2, 0.25) is 0 Å². The Hall–Kier alpha value is -2.34. The van der Waals surface area contributed by atoms with E-state index in [9.17, 15) is 0 Å². The van der Waals surface area contributed by atoms with E-state index in [1.54, 1.807) is 31.8 Å². The Labute approximate surface area is 133 Å². The van der Waals surface area contributed by atoms with Crippen LogP contribution in [0.4, 0.5) is 0 Å². The molecule has 0 aliphatic carbocycles. The molecule has 0 aliphatic heterocycles. The van der Waals surface area contributed by atoms with E-state index in [2.05, 4.69) is 10.5 Å². The van der Waals surface area contributed by atoms with Crippen LogP contribution in [0.25, 0.3) is 11.4 Å². The van der Waals surface area contributed by atoms with Crippen molar-refractivity contribution in [1.82, 2.24) is 14.8 Å². The molecule has 3 aromatic rings. The van der Waals surface area contributed by atoms with Crippen molar-refractivity contribution in [2.24, 2.45) is 7.05 Å². The Balaban J connectivity index is 1.82. The highest BCUT2D eigenvalue weighted by Crippen LogP contribution is 2.29. The van der Waals surface area contributed by atoms with Crippen LogP contribution in [0, 0.1) is 0 Å². The third-order valence-corrected chi connectivity index (χ3v) is 4.29. The van der Waals surface area contributed by atoms with Gasteiger partial charge >= 0.3 is 0 Å². The second-order valence-electron chi connectivity index (χ2n) is 4.83. The molecule has 0 aliphatic rings. The highest BCUT2D eigenvalue weighted by molar-refractivity contribution is 7.10. The summed E-state index contributed by atoms with van der Waals surface area (Å²) in [5.41, 5.74) is 3.12. The van der Waals surface area contributed by atoms with Crippen LogP contribution in [0.2, 0.25) is 0 Å². The van der Waals surface area contributed by atoms with Gasteiger partial charge in [-0.05, 0) is 23.8 Å². The van der Waals surface area contributed by atoms with Gasteiger partial charge in [-0.3, -0.25) is 4.68 Å². The van der Waals surface area contributed by atoms with Gasteiger partial charge in [0, 0.05) is 25.0 Å². The van der Waals surface area contributed by atoms with E-state index in [-0.39, 0.29) is 0 Å². The van der Waals surface area contributed by atoms with E-state index < -0.39 is 0 Å². The van der Waals surface area contributed by atoms with Crippen molar-refractivity contribution in [3.63, 3.8) is 0 Å². The SMILES string of the molecule is COc1ccc(Cc2nc(-c3ccnn3C)cs2)cc1OC. The van der Waals surface area contributed by atoms with Crippen molar-refractivity contribution in [2.45, 2.75) is 6.42 Å². The van der Waals surface area contributed by atoms with Crippen LogP contribution >= 0.6 is 11.3 Å². The fourth-order valence-electron chi connectivity index (χ4n) is 2.30. The predicted octanol–water partition coefficient (Wildman–Crippen LogP) is 3.15. The van der Waals surface area contributed by atoms with Gasteiger partial charge in [-0.1, -0.05) is 6.07 Å². The molecule has 1 aromatic carbocycles. The second-order valence-corrected chi connectivity index (χ2v) is 5.78. The molecule has 0 unspecified atom stereocenters. The molecule has 3 rings (SSSR count). The van der Waals surface area contributed by atoms with Gasteiger partial charge in [0.1, 0.15) is 0 Å². The molecule has 22 heavy (non-hydrogen) atoms. The number of ether oxygens (including phenoxy) is 2. The molecule has 0 fully saturated rings. The first kappa shape index (κ1) is 14.6. The Bertz CT molecular complexity index is 779. The monoisotopic (exact) mass is 315 g/mol. The van der Waals surface area contributed by atoms with E-state index in [1.807, 2.05) is 36.0 Å². The molecular formula is C16H17N3O2S. The van der Waals surface area contributed by atoms with Gasteiger partial charge in [-0.25, -0.2) is 4.98 Å². The first-order chi connectivity index (χ1) is 10.7. The summed E-state index contributed by atoms with van der Waals surface area (Å²) in [4.78, 5) is 4.69. The molecule has 6 heteroatoms. The normalized spacial score (nSPS) is 10.7. The Morgan fingerprint density at radius 3 is 2.64 bits per heavy atom. The summed E-state index contributed by atoms with van der Waals surface area (Å²) in [5, 5.41) is 7.30. The van der Waals surface area contributed by atoms with E-state index >= 15 is 0 Å². The third-order valence-electron chi connectivity index (χ3n) is 3.44. The minimum absolute atomic E-state index is 0.737. The molecule has 0 radical (unpaired) electrons. The zero-order valence-corrected chi connectivity index (χ0v) is 13.6.